The molecule has 1 aromatic carbocycles. The molecule has 1 atom stereocenters. The fraction of sp³-hybridized carbons (Fsp3) is 0.438. The van der Waals surface area contributed by atoms with Crippen molar-refractivity contribution in [2.45, 2.75) is 38.1 Å². The van der Waals surface area contributed by atoms with Crippen LogP contribution in [0.5, 0.6) is 0 Å². The Kier molecular flexibility index (Phi) is 5.44. The monoisotopic (exact) mass is 295 g/mol. The first kappa shape index (κ1) is 15.6. The molecular formula is C16H19F2NO2. The van der Waals surface area contributed by atoms with E-state index in [2.05, 4.69) is 11.4 Å². The Morgan fingerprint density at radius 1 is 1.33 bits per heavy atom. The van der Waals surface area contributed by atoms with Gasteiger partial charge in [0.05, 0.1) is 0 Å². The lowest BCUT2D eigenvalue weighted by atomic mass is 9.97. The summed E-state index contributed by atoms with van der Waals surface area (Å²) in [6, 6.07) is 1.79. The predicted octanol–water partition coefficient (Wildman–Crippen LogP) is 3.57. The van der Waals surface area contributed by atoms with Gasteiger partial charge in [0.15, 0.2) is 0 Å². The highest BCUT2D eigenvalue weighted by Gasteiger charge is 2.22. The number of halogens is 2. The van der Waals surface area contributed by atoms with Crippen LogP contribution < -0.4 is 5.32 Å². The zero-order chi connectivity index (χ0) is 15.2. The van der Waals surface area contributed by atoms with Gasteiger partial charge in [0.2, 0.25) is 0 Å². The fourth-order valence-electron chi connectivity index (χ4n) is 2.57. The van der Waals surface area contributed by atoms with Crippen LogP contribution in [0.3, 0.4) is 0 Å². The number of benzene rings is 1. The molecule has 1 aromatic rings. The predicted molar refractivity (Wildman–Crippen MR) is 75.9 cm³/mol. The zero-order valence-corrected chi connectivity index (χ0v) is 11.7. The molecule has 0 spiro atoms. The summed E-state index contributed by atoms with van der Waals surface area (Å²) in [5, 5.41) is 12.1. The molecule has 0 aromatic heterocycles. The summed E-state index contributed by atoms with van der Waals surface area (Å²) in [4.78, 5) is 11.3. The molecule has 0 amide bonds. The van der Waals surface area contributed by atoms with Crippen molar-refractivity contribution < 1.29 is 18.7 Å². The summed E-state index contributed by atoms with van der Waals surface area (Å²) in [7, 11) is 0. The van der Waals surface area contributed by atoms with E-state index in [0.29, 0.717) is 12.6 Å². The smallest absolute Gasteiger partial charge is 0.325 e. The first-order chi connectivity index (χ1) is 10.1. The molecule has 0 aliphatic heterocycles. The molecule has 0 saturated carbocycles. The van der Waals surface area contributed by atoms with Crippen molar-refractivity contribution in [1.82, 2.24) is 5.32 Å². The van der Waals surface area contributed by atoms with Crippen molar-refractivity contribution in [1.29, 1.82) is 0 Å². The fourth-order valence-corrected chi connectivity index (χ4v) is 2.57. The van der Waals surface area contributed by atoms with Crippen molar-refractivity contribution in [3.8, 4) is 0 Å². The van der Waals surface area contributed by atoms with Gasteiger partial charge in [-0.3, -0.25) is 4.79 Å². The van der Waals surface area contributed by atoms with Crippen LogP contribution in [0.25, 0.3) is 0 Å². The molecule has 21 heavy (non-hydrogen) atoms. The molecular weight excluding hydrogens is 276 g/mol. The minimum atomic E-state index is -1.17. The summed E-state index contributed by atoms with van der Waals surface area (Å²) < 4.78 is 26.6. The van der Waals surface area contributed by atoms with E-state index in [4.69, 9.17) is 0 Å². The van der Waals surface area contributed by atoms with Crippen molar-refractivity contribution in [3.63, 3.8) is 0 Å². The quantitative estimate of drug-likeness (QED) is 0.789. The maximum Gasteiger partial charge on any atom is 0.325 e. The Balaban J connectivity index is 1.99. The Bertz CT molecular complexity index is 543. The van der Waals surface area contributed by atoms with E-state index in [9.17, 15) is 18.7 Å². The number of rotatable bonds is 6. The molecule has 1 aliphatic rings. The molecule has 0 bridgehead atoms. The van der Waals surface area contributed by atoms with Crippen molar-refractivity contribution in [3.05, 3.63) is 47.0 Å². The lowest BCUT2D eigenvalue weighted by Gasteiger charge is -2.17. The summed E-state index contributed by atoms with van der Waals surface area (Å²) >= 11 is 0. The summed E-state index contributed by atoms with van der Waals surface area (Å²) in [5.74, 6) is -2.72. The molecule has 114 valence electrons. The van der Waals surface area contributed by atoms with Crippen LogP contribution in [0.4, 0.5) is 8.78 Å². The number of carboxylic acid groups (broad SMARTS) is 1. The average Bonchev–Trinajstić information content (AvgIpc) is 2.45. The molecule has 0 saturated heterocycles. The summed E-state index contributed by atoms with van der Waals surface area (Å²) in [5.41, 5.74) is 1.28. The third kappa shape index (κ3) is 4.36. The molecule has 5 heteroatoms. The number of hydrogen-bond donors (Lipinski definition) is 2. The van der Waals surface area contributed by atoms with Crippen molar-refractivity contribution in [2.24, 2.45) is 0 Å². The number of carboxylic acids is 1. The topological polar surface area (TPSA) is 49.3 Å². The maximum atomic E-state index is 13.7. The van der Waals surface area contributed by atoms with Gasteiger partial charge in [-0.2, -0.15) is 0 Å². The largest absolute Gasteiger partial charge is 0.480 e. The second kappa shape index (κ2) is 7.31. The highest BCUT2D eigenvalue weighted by Crippen LogP contribution is 2.21. The van der Waals surface area contributed by atoms with Crippen LogP contribution in [0.1, 0.15) is 43.7 Å². The molecule has 0 heterocycles. The normalized spacial score (nSPS) is 16.4. The van der Waals surface area contributed by atoms with Gasteiger partial charge in [-0.15, -0.1) is 0 Å². The second-order valence-corrected chi connectivity index (χ2v) is 5.25. The third-order valence-electron chi connectivity index (χ3n) is 3.70. The SMILES string of the molecule is O=C(O)C(NCCC1=CCCCC1)c1ccc(F)cc1F. The van der Waals surface area contributed by atoms with E-state index in [1.54, 1.807) is 0 Å². The number of aliphatic carboxylic acids is 1. The number of allylic oxidation sites excluding steroid dienone is 1. The van der Waals surface area contributed by atoms with E-state index < -0.39 is 23.6 Å². The Morgan fingerprint density at radius 3 is 2.76 bits per heavy atom. The van der Waals surface area contributed by atoms with Gasteiger partial charge in [0, 0.05) is 11.6 Å². The highest BCUT2D eigenvalue weighted by molar-refractivity contribution is 5.75. The Labute approximate surface area is 122 Å². The van der Waals surface area contributed by atoms with E-state index in [-0.39, 0.29) is 5.56 Å². The molecule has 1 unspecified atom stereocenters. The van der Waals surface area contributed by atoms with Crippen LogP contribution in [0.15, 0.2) is 29.8 Å². The number of carbonyl (C=O) groups is 1. The zero-order valence-electron chi connectivity index (χ0n) is 11.7. The van der Waals surface area contributed by atoms with Crippen LogP contribution in [0.2, 0.25) is 0 Å². The standard InChI is InChI=1S/C16H19F2NO2/c17-12-6-7-13(14(18)10-12)15(16(20)21)19-9-8-11-4-2-1-3-5-11/h4,6-7,10,15,19H,1-3,5,8-9H2,(H,20,21). The molecule has 0 fully saturated rings. The minimum absolute atomic E-state index is 0.0403. The van der Waals surface area contributed by atoms with Gasteiger partial charge in [0.25, 0.3) is 0 Å². The van der Waals surface area contributed by atoms with Crippen LogP contribution >= 0.6 is 0 Å². The Morgan fingerprint density at radius 2 is 2.14 bits per heavy atom. The van der Waals surface area contributed by atoms with Gasteiger partial charge >= 0.3 is 5.97 Å². The summed E-state index contributed by atoms with van der Waals surface area (Å²) in [6.45, 7) is 0.458. The minimum Gasteiger partial charge on any atom is -0.480 e. The van der Waals surface area contributed by atoms with Crippen molar-refractivity contribution in [2.75, 3.05) is 6.54 Å². The van der Waals surface area contributed by atoms with Gasteiger partial charge < -0.3 is 10.4 Å². The van der Waals surface area contributed by atoms with Gasteiger partial charge in [-0.1, -0.05) is 17.7 Å². The van der Waals surface area contributed by atoms with E-state index >= 15 is 0 Å². The summed E-state index contributed by atoms with van der Waals surface area (Å²) in [6.07, 6.45) is 7.44. The van der Waals surface area contributed by atoms with Crippen LogP contribution in [0, 0.1) is 11.6 Å². The number of nitrogens with one attached hydrogen (secondary N) is 1. The third-order valence-corrected chi connectivity index (χ3v) is 3.70. The van der Waals surface area contributed by atoms with Gasteiger partial charge in [-0.05, 0) is 44.7 Å². The second-order valence-electron chi connectivity index (χ2n) is 5.25. The lowest BCUT2D eigenvalue weighted by Crippen LogP contribution is -2.30. The molecule has 2 N–H and O–H groups in total. The average molecular weight is 295 g/mol. The molecule has 3 nitrogen and oxygen atoms in total. The Hall–Kier alpha value is -1.75. The first-order valence-electron chi connectivity index (χ1n) is 7.17. The molecule has 0 radical (unpaired) electrons. The van der Waals surface area contributed by atoms with Gasteiger partial charge in [-0.25, -0.2) is 8.78 Å². The van der Waals surface area contributed by atoms with E-state index in [1.807, 2.05) is 0 Å². The van der Waals surface area contributed by atoms with Crippen LogP contribution in [-0.2, 0) is 4.79 Å². The van der Waals surface area contributed by atoms with Crippen molar-refractivity contribution >= 4 is 5.97 Å². The first-order valence-corrected chi connectivity index (χ1v) is 7.17. The maximum absolute atomic E-state index is 13.7. The van der Waals surface area contributed by atoms with Crippen LogP contribution in [-0.4, -0.2) is 17.6 Å². The van der Waals surface area contributed by atoms with E-state index in [0.717, 1.165) is 25.3 Å². The molecule has 1 aliphatic carbocycles. The lowest BCUT2D eigenvalue weighted by molar-refractivity contribution is -0.139. The van der Waals surface area contributed by atoms with E-state index in [1.165, 1.54) is 24.5 Å². The highest BCUT2D eigenvalue weighted by atomic mass is 19.1. The van der Waals surface area contributed by atoms with Gasteiger partial charge in [0.1, 0.15) is 17.7 Å². The number of hydrogen-bond acceptors (Lipinski definition) is 2. The molecule has 2 rings (SSSR count).